The molecule has 2 aromatic rings. The molecule has 1 heterocycles. The number of halogens is 1. The number of nitrogens with one attached hydrogen (secondary N) is 1. The average molecular weight is 404 g/mol. The number of fused-ring (bicyclic) bond motifs is 1. The van der Waals surface area contributed by atoms with Gasteiger partial charge in [-0.2, -0.15) is 0 Å². The van der Waals surface area contributed by atoms with E-state index in [9.17, 15) is 9.59 Å². The predicted octanol–water partition coefficient (Wildman–Crippen LogP) is 3.44. The fraction of sp³-hybridized carbons (Fsp3) is 0.300. The summed E-state index contributed by atoms with van der Waals surface area (Å²) in [6, 6.07) is 12.2. The van der Waals surface area contributed by atoms with Gasteiger partial charge >= 0.3 is 0 Å². The van der Waals surface area contributed by atoms with Gasteiger partial charge in [0.05, 0.1) is 18.3 Å². The Morgan fingerprint density at radius 1 is 1.30 bits per heavy atom. The van der Waals surface area contributed by atoms with Crippen LogP contribution in [0.2, 0.25) is 5.02 Å². The van der Waals surface area contributed by atoms with Crippen molar-refractivity contribution >= 4 is 40.9 Å². The number of anilines is 1. The minimum atomic E-state index is -0.595. The van der Waals surface area contributed by atoms with Crippen LogP contribution in [0.4, 0.5) is 5.69 Å². The maximum Gasteiger partial charge on any atom is 0.251 e. The molecule has 2 aromatic carbocycles. The Morgan fingerprint density at radius 3 is 2.67 bits per heavy atom. The zero-order valence-corrected chi connectivity index (χ0v) is 16.8. The first-order valence-electron chi connectivity index (χ1n) is 8.74. The molecular formula is C20H22ClN3O2S. The van der Waals surface area contributed by atoms with E-state index in [0.717, 1.165) is 10.5 Å². The van der Waals surface area contributed by atoms with E-state index in [2.05, 4.69) is 5.32 Å². The Morgan fingerprint density at radius 2 is 2.00 bits per heavy atom. The molecule has 142 valence electrons. The topological polar surface area (TPSA) is 75.4 Å². The third-order valence-corrected chi connectivity index (χ3v) is 5.62. The third kappa shape index (κ3) is 4.64. The highest BCUT2D eigenvalue weighted by Crippen LogP contribution is 2.36. The summed E-state index contributed by atoms with van der Waals surface area (Å²) in [4.78, 5) is 27.9. The van der Waals surface area contributed by atoms with E-state index < -0.39 is 6.04 Å². The van der Waals surface area contributed by atoms with Gasteiger partial charge in [-0.1, -0.05) is 23.7 Å². The van der Waals surface area contributed by atoms with Crippen molar-refractivity contribution in [1.82, 2.24) is 5.32 Å². The van der Waals surface area contributed by atoms with Crippen molar-refractivity contribution < 1.29 is 9.59 Å². The summed E-state index contributed by atoms with van der Waals surface area (Å²) in [5, 5.41) is 3.52. The molecule has 0 bridgehead atoms. The SMILES string of the molecule is CC(C)NC(=O)c1ccc2c(c1)N(Cc1ccc(Cl)cc1)C(=O)[C@@H](N)CS2. The normalized spacial score (nSPS) is 16.9. The Kier molecular flexibility index (Phi) is 6.09. The van der Waals surface area contributed by atoms with Crippen molar-refractivity contribution in [2.75, 3.05) is 10.7 Å². The van der Waals surface area contributed by atoms with Gasteiger partial charge in [0.25, 0.3) is 5.91 Å². The lowest BCUT2D eigenvalue weighted by atomic mass is 10.1. The molecule has 0 saturated heterocycles. The molecule has 5 nitrogen and oxygen atoms in total. The van der Waals surface area contributed by atoms with Gasteiger partial charge in [-0.15, -0.1) is 11.8 Å². The highest BCUT2D eigenvalue weighted by atomic mass is 35.5. The third-order valence-electron chi connectivity index (χ3n) is 4.19. The lowest BCUT2D eigenvalue weighted by molar-refractivity contribution is -0.119. The second-order valence-electron chi connectivity index (χ2n) is 6.78. The molecule has 0 aromatic heterocycles. The number of thioether (sulfide) groups is 1. The van der Waals surface area contributed by atoms with Crippen molar-refractivity contribution in [3.05, 3.63) is 58.6 Å². The standard InChI is InChI=1S/C20H22ClN3O2S/c1-12(2)23-19(25)14-5-8-18-17(9-14)24(20(26)16(22)11-27-18)10-13-3-6-15(21)7-4-13/h3-9,12,16H,10-11,22H2,1-2H3,(H,23,25)/t16-/m0/s1. The summed E-state index contributed by atoms with van der Waals surface area (Å²) >= 11 is 7.49. The number of amides is 2. The van der Waals surface area contributed by atoms with Gasteiger partial charge in [-0.3, -0.25) is 9.59 Å². The Hall–Kier alpha value is -2.02. The van der Waals surface area contributed by atoms with E-state index in [-0.39, 0.29) is 17.9 Å². The summed E-state index contributed by atoms with van der Waals surface area (Å²) in [5.41, 5.74) is 8.25. The van der Waals surface area contributed by atoms with E-state index in [1.165, 1.54) is 11.8 Å². The van der Waals surface area contributed by atoms with Gasteiger partial charge in [-0.25, -0.2) is 0 Å². The van der Waals surface area contributed by atoms with Crippen LogP contribution in [-0.2, 0) is 11.3 Å². The van der Waals surface area contributed by atoms with E-state index in [0.29, 0.717) is 28.6 Å². The highest BCUT2D eigenvalue weighted by molar-refractivity contribution is 7.99. The maximum atomic E-state index is 12.9. The monoisotopic (exact) mass is 403 g/mol. The summed E-state index contributed by atoms with van der Waals surface area (Å²) in [6.07, 6.45) is 0. The average Bonchev–Trinajstić information content (AvgIpc) is 2.74. The van der Waals surface area contributed by atoms with Crippen LogP contribution >= 0.6 is 23.4 Å². The summed E-state index contributed by atoms with van der Waals surface area (Å²) < 4.78 is 0. The summed E-state index contributed by atoms with van der Waals surface area (Å²) in [7, 11) is 0. The molecule has 0 fully saturated rings. The highest BCUT2D eigenvalue weighted by Gasteiger charge is 2.29. The van der Waals surface area contributed by atoms with Crippen LogP contribution in [0, 0.1) is 0 Å². The predicted molar refractivity (Wildman–Crippen MR) is 110 cm³/mol. The first kappa shape index (κ1) is 19.7. The molecule has 2 amide bonds. The van der Waals surface area contributed by atoms with Gasteiger partial charge in [0.1, 0.15) is 0 Å². The van der Waals surface area contributed by atoms with Crippen LogP contribution in [0.1, 0.15) is 29.8 Å². The smallest absolute Gasteiger partial charge is 0.251 e. The largest absolute Gasteiger partial charge is 0.350 e. The number of rotatable bonds is 4. The van der Waals surface area contributed by atoms with E-state index in [1.54, 1.807) is 29.2 Å². The first-order chi connectivity index (χ1) is 12.8. The number of hydrogen-bond donors (Lipinski definition) is 2. The molecule has 0 saturated carbocycles. The van der Waals surface area contributed by atoms with Crippen LogP contribution in [0.5, 0.6) is 0 Å². The van der Waals surface area contributed by atoms with Crippen LogP contribution in [-0.4, -0.2) is 29.7 Å². The van der Waals surface area contributed by atoms with Gasteiger partial charge in [0, 0.05) is 27.3 Å². The lowest BCUT2D eigenvalue weighted by Gasteiger charge is -2.25. The van der Waals surface area contributed by atoms with Crippen molar-refractivity contribution in [3.63, 3.8) is 0 Å². The van der Waals surface area contributed by atoms with Crippen molar-refractivity contribution in [2.24, 2.45) is 5.73 Å². The fourth-order valence-electron chi connectivity index (χ4n) is 2.84. The van der Waals surface area contributed by atoms with E-state index in [4.69, 9.17) is 17.3 Å². The number of hydrogen-bond acceptors (Lipinski definition) is 4. The quantitative estimate of drug-likeness (QED) is 0.819. The van der Waals surface area contributed by atoms with Crippen LogP contribution < -0.4 is 16.0 Å². The van der Waals surface area contributed by atoms with E-state index >= 15 is 0 Å². The van der Waals surface area contributed by atoms with Gasteiger partial charge < -0.3 is 16.0 Å². The van der Waals surface area contributed by atoms with E-state index in [1.807, 2.05) is 32.0 Å². The molecule has 27 heavy (non-hydrogen) atoms. The number of carbonyl (C=O) groups excluding carboxylic acids is 2. The first-order valence-corrected chi connectivity index (χ1v) is 10.1. The van der Waals surface area contributed by atoms with Crippen LogP contribution in [0.3, 0.4) is 0 Å². The minimum Gasteiger partial charge on any atom is -0.350 e. The second-order valence-corrected chi connectivity index (χ2v) is 8.28. The molecule has 0 spiro atoms. The second kappa shape index (κ2) is 8.33. The molecule has 0 aliphatic carbocycles. The number of carbonyl (C=O) groups is 2. The Labute approximate surface area is 168 Å². The Balaban J connectivity index is 1.99. The van der Waals surface area contributed by atoms with Gasteiger partial charge in [0.15, 0.2) is 0 Å². The van der Waals surface area contributed by atoms with Gasteiger partial charge in [-0.05, 0) is 49.7 Å². The Bertz CT molecular complexity index is 855. The number of nitrogens with two attached hydrogens (primary N) is 1. The number of benzene rings is 2. The lowest BCUT2D eigenvalue weighted by Crippen LogP contribution is -2.44. The summed E-state index contributed by atoms with van der Waals surface area (Å²) in [6.45, 7) is 4.19. The molecule has 3 N–H and O–H groups in total. The van der Waals surface area contributed by atoms with Gasteiger partial charge in [0.2, 0.25) is 5.91 Å². The number of nitrogens with zero attached hydrogens (tertiary/aromatic N) is 1. The van der Waals surface area contributed by atoms with Crippen molar-refractivity contribution in [3.8, 4) is 0 Å². The zero-order chi connectivity index (χ0) is 19.6. The van der Waals surface area contributed by atoms with Crippen molar-refractivity contribution in [1.29, 1.82) is 0 Å². The zero-order valence-electron chi connectivity index (χ0n) is 15.2. The van der Waals surface area contributed by atoms with Crippen molar-refractivity contribution in [2.45, 2.75) is 37.4 Å². The summed E-state index contributed by atoms with van der Waals surface area (Å²) in [5.74, 6) is 0.184. The molecule has 0 unspecified atom stereocenters. The maximum absolute atomic E-state index is 12.9. The minimum absolute atomic E-state index is 0.0332. The molecule has 1 atom stereocenters. The van der Waals surface area contributed by atoms with Crippen LogP contribution in [0.25, 0.3) is 0 Å². The molecule has 1 aliphatic heterocycles. The fourth-order valence-corrected chi connectivity index (χ4v) is 3.95. The molecule has 1 aliphatic rings. The molecule has 0 radical (unpaired) electrons. The molecule has 7 heteroatoms. The van der Waals surface area contributed by atoms with Crippen LogP contribution in [0.15, 0.2) is 47.4 Å². The molecular weight excluding hydrogens is 382 g/mol. The molecule has 3 rings (SSSR count).